The van der Waals surface area contributed by atoms with Gasteiger partial charge in [-0.1, -0.05) is 0 Å². The summed E-state index contributed by atoms with van der Waals surface area (Å²) >= 11 is 13.2. The topological polar surface area (TPSA) is 0 Å². The van der Waals surface area contributed by atoms with Crippen LogP contribution >= 0.6 is 70.6 Å². The molecule has 0 aliphatic carbocycles. The van der Waals surface area contributed by atoms with Gasteiger partial charge < -0.3 is 0 Å². The Balaban J connectivity index is 1.34. The zero-order valence-corrected chi connectivity index (χ0v) is 13.9. The molecule has 92 valence electrons. The third kappa shape index (κ3) is 3.56. The number of hydrogen-bond donors (Lipinski definition) is 0. The number of hydrogen-bond acceptors (Lipinski definition) is 6. The first-order chi connectivity index (χ1) is 7.90. The van der Waals surface area contributed by atoms with Crippen LogP contribution < -0.4 is 0 Å². The van der Waals surface area contributed by atoms with E-state index in [0.29, 0.717) is 0 Å². The van der Waals surface area contributed by atoms with Crippen molar-refractivity contribution in [1.29, 1.82) is 0 Å². The summed E-state index contributed by atoms with van der Waals surface area (Å²) in [5.74, 6) is 8.39. The minimum Gasteiger partial charge on any atom is -0.160 e. The lowest BCUT2D eigenvalue weighted by molar-refractivity contribution is 1.07. The molecule has 0 spiro atoms. The molecule has 3 rings (SSSR count). The fourth-order valence-corrected chi connectivity index (χ4v) is 10.9. The van der Waals surface area contributed by atoms with Gasteiger partial charge in [-0.3, -0.25) is 0 Å². The minimum absolute atomic E-state index is 0.892. The molecule has 0 amide bonds. The Bertz CT molecular complexity index is 195. The second-order valence-corrected chi connectivity index (χ2v) is 12.4. The van der Waals surface area contributed by atoms with Gasteiger partial charge in [0, 0.05) is 45.0 Å². The van der Waals surface area contributed by atoms with Crippen LogP contribution in [-0.2, 0) is 0 Å². The van der Waals surface area contributed by atoms with Crippen LogP contribution in [0, 0.1) is 0 Å². The lowest BCUT2D eigenvalue weighted by Crippen LogP contribution is -2.29. The zero-order chi connectivity index (χ0) is 10.8. The maximum absolute atomic E-state index is 2.26. The van der Waals surface area contributed by atoms with E-state index in [1.165, 1.54) is 34.5 Å². The SMILES string of the molecule is C1SCC1SC1CSC(SC2CSC2)CS1. The van der Waals surface area contributed by atoms with Gasteiger partial charge in [0.1, 0.15) is 0 Å². The van der Waals surface area contributed by atoms with Crippen LogP contribution in [0.1, 0.15) is 0 Å². The molecule has 3 aliphatic rings. The van der Waals surface area contributed by atoms with Gasteiger partial charge in [-0.15, -0.1) is 47.0 Å². The normalized spacial score (nSPS) is 36.8. The Labute approximate surface area is 124 Å². The molecule has 0 saturated carbocycles. The van der Waals surface area contributed by atoms with E-state index in [-0.39, 0.29) is 0 Å². The van der Waals surface area contributed by atoms with Crippen LogP contribution in [0.2, 0.25) is 0 Å². The average molecular weight is 329 g/mol. The largest absolute Gasteiger partial charge is 0.160 e. The second kappa shape index (κ2) is 6.51. The molecular weight excluding hydrogens is 313 g/mol. The van der Waals surface area contributed by atoms with E-state index in [0.717, 1.165) is 19.7 Å². The fraction of sp³-hybridized carbons (Fsp3) is 1.00. The van der Waals surface area contributed by atoms with E-state index in [9.17, 15) is 0 Å². The van der Waals surface area contributed by atoms with Crippen molar-refractivity contribution in [2.75, 3.05) is 34.5 Å². The Kier molecular flexibility index (Phi) is 5.33. The van der Waals surface area contributed by atoms with Crippen LogP contribution in [0.4, 0.5) is 0 Å². The third-order valence-electron chi connectivity index (χ3n) is 2.74. The molecule has 16 heavy (non-hydrogen) atoms. The highest BCUT2D eigenvalue weighted by Crippen LogP contribution is 2.46. The number of thioether (sulfide) groups is 6. The average Bonchev–Trinajstić information content (AvgIpc) is 2.19. The third-order valence-corrected chi connectivity index (χ3v) is 13.0. The molecule has 0 N–H and O–H groups in total. The molecule has 3 fully saturated rings. The van der Waals surface area contributed by atoms with Gasteiger partial charge in [-0.25, -0.2) is 0 Å². The summed E-state index contributed by atoms with van der Waals surface area (Å²) < 4.78 is 1.78. The summed E-state index contributed by atoms with van der Waals surface area (Å²) in [6, 6.07) is 0. The predicted molar refractivity (Wildman–Crippen MR) is 89.9 cm³/mol. The second-order valence-electron chi connectivity index (χ2n) is 4.12. The van der Waals surface area contributed by atoms with Gasteiger partial charge in [0.2, 0.25) is 0 Å². The highest BCUT2D eigenvalue weighted by molar-refractivity contribution is 8.24. The Morgan fingerprint density at radius 2 is 1.06 bits per heavy atom. The molecule has 3 saturated heterocycles. The lowest BCUT2D eigenvalue weighted by Gasteiger charge is -2.35. The molecule has 6 heteroatoms. The van der Waals surface area contributed by atoms with Crippen LogP contribution in [-0.4, -0.2) is 54.2 Å². The van der Waals surface area contributed by atoms with Crippen molar-refractivity contribution in [3.05, 3.63) is 0 Å². The van der Waals surface area contributed by atoms with Gasteiger partial charge in [-0.2, -0.15) is 23.5 Å². The van der Waals surface area contributed by atoms with Crippen molar-refractivity contribution in [3.8, 4) is 0 Å². The van der Waals surface area contributed by atoms with Crippen molar-refractivity contribution < 1.29 is 0 Å². The van der Waals surface area contributed by atoms with E-state index in [4.69, 9.17) is 0 Å². The van der Waals surface area contributed by atoms with Crippen molar-refractivity contribution in [3.63, 3.8) is 0 Å². The first-order valence-electron chi connectivity index (χ1n) is 5.60. The van der Waals surface area contributed by atoms with Gasteiger partial charge in [-0.05, 0) is 0 Å². The molecule has 2 atom stereocenters. The summed E-state index contributed by atoms with van der Waals surface area (Å²) in [6.45, 7) is 0. The minimum atomic E-state index is 0.892. The Morgan fingerprint density at radius 1 is 0.625 bits per heavy atom. The maximum Gasteiger partial charge on any atom is 0.0597 e. The van der Waals surface area contributed by atoms with Gasteiger partial charge in [0.15, 0.2) is 0 Å². The first kappa shape index (κ1) is 13.1. The summed E-state index contributed by atoms with van der Waals surface area (Å²) in [7, 11) is 0. The lowest BCUT2D eigenvalue weighted by atomic mass is 10.5. The van der Waals surface area contributed by atoms with Crippen molar-refractivity contribution in [2.45, 2.75) is 19.7 Å². The van der Waals surface area contributed by atoms with E-state index in [1.54, 1.807) is 0 Å². The van der Waals surface area contributed by atoms with Gasteiger partial charge in [0.25, 0.3) is 0 Å². The maximum atomic E-state index is 2.26. The van der Waals surface area contributed by atoms with Crippen LogP contribution in [0.5, 0.6) is 0 Å². The quantitative estimate of drug-likeness (QED) is 0.764. The molecule has 3 heterocycles. The van der Waals surface area contributed by atoms with E-state index in [1.807, 2.05) is 0 Å². The molecular formula is C10H16S6. The molecule has 3 aliphatic heterocycles. The highest BCUT2D eigenvalue weighted by atomic mass is 32.2. The molecule has 0 aromatic heterocycles. The van der Waals surface area contributed by atoms with Crippen molar-refractivity contribution in [1.82, 2.24) is 0 Å². The van der Waals surface area contributed by atoms with Crippen molar-refractivity contribution in [2.24, 2.45) is 0 Å². The van der Waals surface area contributed by atoms with E-state index >= 15 is 0 Å². The Hall–Kier alpha value is 2.10. The zero-order valence-electron chi connectivity index (χ0n) is 9.00. The van der Waals surface area contributed by atoms with Gasteiger partial charge in [0.05, 0.1) is 9.16 Å². The van der Waals surface area contributed by atoms with Crippen LogP contribution in [0.15, 0.2) is 0 Å². The smallest absolute Gasteiger partial charge is 0.0597 e. The number of rotatable bonds is 4. The molecule has 0 aromatic carbocycles. The molecule has 0 bridgehead atoms. The van der Waals surface area contributed by atoms with Crippen LogP contribution in [0.25, 0.3) is 0 Å². The van der Waals surface area contributed by atoms with Crippen molar-refractivity contribution >= 4 is 70.6 Å². The summed E-state index contributed by atoms with van der Waals surface area (Å²) in [6.07, 6.45) is 0. The van der Waals surface area contributed by atoms with Crippen LogP contribution in [0.3, 0.4) is 0 Å². The Morgan fingerprint density at radius 3 is 1.31 bits per heavy atom. The fourth-order valence-electron chi connectivity index (χ4n) is 1.64. The first-order valence-corrected chi connectivity index (χ1v) is 11.9. The molecule has 2 unspecified atom stereocenters. The molecule has 0 radical (unpaired) electrons. The summed E-state index contributed by atoms with van der Waals surface area (Å²) in [5, 5.41) is 1.96. The predicted octanol–water partition coefficient (Wildman–Crippen LogP) is 3.82. The highest BCUT2D eigenvalue weighted by Gasteiger charge is 2.30. The summed E-state index contributed by atoms with van der Waals surface area (Å²) in [4.78, 5) is 0. The van der Waals surface area contributed by atoms with E-state index in [2.05, 4.69) is 70.6 Å². The molecule has 0 nitrogen and oxygen atoms in total. The van der Waals surface area contributed by atoms with E-state index < -0.39 is 0 Å². The monoisotopic (exact) mass is 328 g/mol. The summed E-state index contributed by atoms with van der Waals surface area (Å²) in [5.41, 5.74) is 0. The van der Waals surface area contributed by atoms with Gasteiger partial charge >= 0.3 is 0 Å². The standard InChI is InChI=1S/C10H16S6/c1-7(2-11-1)15-9-5-14-10(6-13-9)16-8-3-12-4-8/h7-10H,1-6H2. The molecule has 0 aromatic rings.